The number of pyridine rings is 1. The number of anilines is 1. The van der Waals surface area contributed by atoms with Crippen molar-refractivity contribution in [2.45, 2.75) is 20.8 Å². The first-order chi connectivity index (χ1) is 12.4. The molecule has 0 saturated heterocycles. The number of hydrogen-bond donors (Lipinski definition) is 3. The number of aromatic nitrogens is 3. The third-order valence-corrected chi connectivity index (χ3v) is 4.43. The number of aryl methyl sites for hydroxylation is 2. The molecule has 7 nitrogen and oxygen atoms in total. The molecule has 0 aliphatic rings. The number of amides is 2. The Morgan fingerprint density at radius 1 is 1.23 bits per heavy atom. The summed E-state index contributed by atoms with van der Waals surface area (Å²) in [6.07, 6.45) is 1.67. The molecule has 0 aliphatic heterocycles. The number of carbonyl (C=O) groups is 1. The van der Waals surface area contributed by atoms with Crippen molar-refractivity contribution in [1.29, 1.82) is 0 Å². The number of nitrogens with zero attached hydrogens (tertiary/aromatic N) is 4. The number of phenolic OH excluding ortho intramolecular Hbond substituents is 1. The smallest absolute Gasteiger partial charge is 0.332 e. The molecule has 0 aliphatic carbocycles. The highest BCUT2D eigenvalue weighted by Gasteiger charge is 2.11. The molecule has 0 unspecified atom stereocenters. The van der Waals surface area contributed by atoms with Crippen LogP contribution in [0.25, 0.3) is 22.4 Å². The number of fused-ring (bicyclic) bond motifs is 1. The van der Waals surface area contributed by atoms with Gasteiger partial charge >= 0.3 is 6.03 Å². The SMILES string of the molecule is CCN(S)C(=O)Nc1ccc2ncc(-c3cc(C)c(O)c(C)c3)nc2n1. The second kappa shape index (κ2) is 7.17. The van der Waals surface area contributed by atoms with Gasteiger partial charge in [0.25, 0.3) is 0 Å². The van der Waals surface area contributed by atoms with E-state index >= 15 is 0 Å². The van der Waals surface area contributed by atoms with Gasteiger partial charge in [-0.3, -0.25) is 14.6 Å². The van der Waals surface area contributed by atoms with Crippen LogP contribution in [0.5, 0.6) is 5.75 Å². The van der Waals surface area contributed by atoms with Gasteiger partial charge < -0.3 is 5.11 Å². The summed E-state index contributed by atoms with van der Waals surface area (Å²) in [6, 6.07) is 6.75. The highest BCUT2D eigenvalue weighted by molar-refractivity contribution is 7.78. The molecule has 2 N–H and O–H groups in total. The summed E-state index contributed by atoms with van der Waals surface area (Å²) in [4.78, 5) is 25.2. The minimum atomic E-state index is -0.364. The van der Waals surface area contributed by atoms with Crippen LogP contribution in [0, 0.1) is 13.8 Å². The maximum absolute atomic E-state index is 11.9. The van der Waals surface area contributed by atoms with E-state index in [0.29, 0.717) is 29.2 Å². The Morgan fingerprint density at radius 2 is 1.92 bits per heavy atom. The van der Waals surface area contributed by atoms with Gasteiger partial charge in [-0.1, -0.05) is 12.8 Å². The average molecular weight is 369 g/mol. The summed E-state index contributed by atoms with van der Waals surface area (Å²) in [5.41, 5.74) is 4.07. The molecule has 26 heavy (non-hydrogen) atoms. The number of carbonyl (C=O) groups excluding carboxylic acids is 1. The van der Waals surface area contributed by atoms with E-state index in [1.54, 1.807) is 18.3 Å². The molecule has 134 valence electrons. The lowest BCUT2D eigenvalue weighted by Gasteiger charge is -2.13. The monoisotopic (exact) mass is 369 g/mol. The molecular weight excluding hydrogens is 350 g/mol. The van der Waals surface area contributed by atoms with Gasteiger partial charge in [-0.05, 0) is 56.2 Å². The van der Waals surface area contributed by atoms with Gasteiger partial charge in [-0.2, -0.15) is 0 Å². The first-order valence-electron chi connectivity index (χ1n) is 8.10. The molecule has 3 rings (SSSR count). The maximum Gasteiger partial charge on any atom is 0.332 e. The Hall–Kier alpha value is -2.87. The van der Waals surface area contributed by atoms with Gasteiger partial charge in [-0.15, -0.1) is 0 Å². The molecule has 2 amide bonds. The number of rotatable bonds is 3. The van der Waals surface area contributed by atoms with Crippen molar-refractivity contribution in [3.63, 3.8) is 0 Å². The average Bonchev–Trinajstić information content (AvgIpc) is 2.64. The molecule has 0 saturated carbocycles. The molecule has 0 radical (unpaired) electrons. The van der Waals surface area contributed by atoms with Crippen LogP contribution in [0.3, 0.4) is 0 Å². The van der Waals surface area contributed by atoms with E-state index in [1.165, 1.54) is 4.31 Å². The Bertz CT molecular complexity index is 969. The minimum absolute atomic E-state index is 0.276. The fourth-order valence-electron chi connectivity index (χ4n) is 2.53. The highest BCUT2D eigenvalue weighted by atomic mass is 32.1. The zero-order chi connectivity index (χ0) is 18.8. The lowest BCUT2D eigenvalue weighted by Crippen LogP contribution is -2.27. The molecule has 3 aromatic rings. The van der Waals surface area contributed by atoms with E-state index in [4.69, 9.17) is 0 Å². The van der Waals surface area contributed by atoms with Gasteiger partial charge in [0, 0.05) is 12.1 Å². The summed E-state index contributed by atoms with van der Waals surface area (Å²) < 4.78 is 1.25. The van der Waals surface area contributed by atoms with Crippen molar-refractivity contribution < 1.29 is 9.90 Å². The molecule has 2 heterocycles. The summed E-state index contributed by atoms with van der Waals surface area (Å²) >= 11 is 4.07. The number of nitrogens with one attached hydrogen (secondary N) is 1. The topological polar surface area (TPSA) is 91.2 Å². The second-order valence-corrected chi connectivity index (χ2v) is 6.38. The van der Waals surface area contributed by atoms with Crippen molar-refractivity contribution in [3.05, 3.63) is 41.6 Å². The van der Waals surface area contributed by atoms with Crippen LogP contribution in [-0.2, 0) is 0 Å². The second-order valence-electron chi connectivity index (χ2n) is 5.90. The lowest BCUT2D eigenvalue weighted by atomic mass is 10.0. The van der Waals surface area contributed by atoms with Gasteiger partial charge in [0.05, 0.1) is 11.9 Å². The normalized spacial score (nSPS) is 10.8. The molecule has 0 bridgehead atoms. The fraction of sp³-hybridized carbons (Fsp3) is 0.222. The van der Waals surface area contributed by atoms with Gasteiger partial charge in [-0.25, -0.2) is 14.8 Å². The van der Waals surface area contributed by atoms with E-state index in [1.807, 2.05) is 32.9 Å². The fourth-order valence-corrected chi connectivity index (χ4v) is 2.58. The maximum atomic E-state index is 11.9. The zero-order valence-electron chi connectivity index (χ0n) is 14.7. The van der Waals surface area contributed by atoms with E-state index in [-0.39, 0.29) is 11.8 Å². The van der Waals surface area contributed by atoms with Crippen LogP contribution >= 0.6 is 12.8 Å². The minimum Gasteiger partial charge on any atom is -0.507 e. The predicted molar refractivity (Wildman–Crippen MR) is 104 cm³/mol. The molecule has 0 spiro atoms. The van der Waals surface area contributed by atoms with E-state index in [2.05, 4.69) is 33.1 Å². The van der Waals surface area contributed by atoms with Crippen LogP contribution in [0.2, 0.25) is 0 Å². The molecular formula is C18H19N5O2S. The largest absolute Gasteiger partial charge is 0.507 e. The summed E-state index contributed by atoms with van der Waals surface area (Å²) in [7, 11) is 0. The van der Waals surface area contributed by atoms with Crippen molar-refractivity contribution in [2.75, 3.05) is 11.9 Å². The molecule has 0 fully saturated rings. The van der Waals surface area contributed by atoms with Crippen LogP contribution in [0.15, 0.2) is 30.5 Å². The van der Waals surface area contributed by atoms with Crippen molar-refractivity contribution in [2.24, 2.45) is 0 Å². The van der Waals surface area contributed by atoms with Crippen LogP contribution in [0.4, 0.5) is 10.6 Å². The lowest BCUT2D eigenvalue weighted by molar-refractivity contribution is 0.240. The first kappa shape index (κ1) is 17.9. The van der Waals surface area contributed by atoms with Gasteiger partial charge in [0.2, 0.25) is 0 Å². The number of hydrogen-bond acceptors (Lipinski definition) is 6. The number of phenols is 1. The molecule has 8 heteroatoms. The van der Waals surface area contributed by atoms with Crippen molar-refractivity contribution in [1.82, 2.24) is 19.3 Å². The van der Waals surface area contributed by atoms with Crippen LogP contribution in [-0.4, -0.2) is 36.9 Å². The summed E-state index contributed by atoms with van der Waals surface area (Å²) in [6.45, 7) is 5.96. The Balaban J connectivity index is 1.98. The predicted octanol–water partition coefficient (Wildman–Crippen LogP) is 3.71. The number of aromatic hydroxyl groups is 1. The van der Waals surface area contributed by atoms with E-state index in [0.717, 1.165) is 16.7 Å². The Morgan fingerprint density at radius 3 is 2.58 bits per heavy atom. The van der Waals surface area contributed by atoms with Crippen molar-refractivity contribution >= 4 is 35.8 Å². The number of benzene rings is 1. The highest BCUT2D eigenvalue weighted by Crippen LogP contribution is 2.28. The van der Waals surface area contributed by atoms with E-state index < -0.39 is 0 Å². The molecule has 1 aromatic carbocycles. The standard InChI is InChI=1S/C18H19N5O2S/c1-4-23(26)18(25)22-15-6-5-13-17(21-15)20-14(9-19-13)12-7-10(2)16(24)11(3)8-12/h5-9,24,26H,4H2,1-3H3,(H,20,21,22,25). The number of urea groups is 1. The third kappa shape index (κ3) is 3.55. The quantitative estimate of drug-likeness (QED) is 0.612. The summed E-state index contributed by atoms with van der Waals surface area (Å²) in [5.74, 6) is 0.650. The van der Waals surface area contributed by atoms with Gasteiger partial charge in [0.15, 0.2) is 5.65 Å². The summed E-state index contributed by atoms with van der Waals surface area (Å²) in [5, 5.41) is 12.6. The van der Waals surface area contributed by atoms with Crippen molar-refractivity contribution in [3.8, 4) is 17.0 Å². The first-order valence-corrected chi connectivity index (χ1v) is 8.50. The van der Waals surface area contributed by atoms with E-state index in [9.17, 15) is 9.90 Å². The number of thiol groups is 1. The third-order valence-electron chi connectivity index (χ3n) is 3.96. The molecule has 2 aromatic heterocycles. The Kier molecular flexibility index (Phi) is 4.94. The van der Waals surface area contributed by atoms with Crippen LogP contribution < -0.4 is 5.32 Å². The van der Waals surface area contributed by atoms with Gasteiger partial charge in [0.1, 0.15) is 17.1 Å². The van der Waals surface area contributed by atoms with Crippen LogP contribution in [0.1, 0.15) is 18.1 Å². The zero-order valence-corrected chi connectivity index (χ0v) is 15.6. The molecule has 0 atom stereocenters. The Labute approximate surface area is 156 Å².